The van der Waals surface area contributed by atoms with Crippen LogP contribution < -0.4 is 0 Å². The topological polar surface area (TPSA) is 121 Å². The van der Waals surface area contributed by atoms with Crippen molar-refractivity contribution in [2.75, 3.05) is 0 Å². The molecule has 4 fully saturated rings. The largest absolute Gasteiger partial charge is 0.481 e. The van der Waals surface area contributed by atoms with Crippen molar-refractivity contribution < 1.29 is 34.4 Å². The molecule has 0 aromatic heterocycles. The maximum Gasteiger partial charge on any atom is 0.339 e. The molecule has 0 spiro atoms. The molecule has 0 saturated heterocycles. The van der Waals surface area contributed by atoms with Crippen LogP contribution >= 0.6 is 0 Å². The number of carbonyl (C=O) groups is 3. The van der Waals surface area contributed by atoms with Gasteiger partial charge in [-0.1, -0.05) is 72.2 Å². The summed E-state index contributed by atoms with van der Waals surface area (Å²) in [5, 5.41) is 32.0. The van der Waals surface area contributed by atoms with E-state index in [9.17, 15) is 29.7 Å². The van der Waals surface area contributed by atoms with Crippen LogP contribution in [-0.4, -0.2) is 45.4 Å². The molecule has 0 radical (unpaired) electrons. The lowest BCUT2D eigenvalue weighted by Crippen LogP contribution is -2.67. The summed E-state index contributed by atoms with van der Waals surface area (Å²) in [7, 11) is 0. The number of carbonyl (C=O) groups excluding carboxylic acids is 1. The van der Waals surface area contributed by atoms with Gasteiger partial charge in [0.2, 0.25) is 0 Å². The second-order valence-electron chi connectivity index (χ2n) is 17.4. The average Bonchev–Trinajstić information content (AvgIpc) is 2.95. The standard InChI is InChI=1S/C38H52O7/c1-33(2)16-18-38(32(43)44)19-17-36(6)24(25(38)20-33)12-13-28-35(5)21-26(29(39)34(3,4)27(35)14-15-37(28,36)7)45-31(42)23-11-9-8-10-22(23)30(40)41/h8-12,25-29,39H,13-21H2,1-7H3,(H,40,41)(H,43,44)/t25-,26+,27-,28+,29-,35-,36+,37+,38-/m0/s1. The molecule has 9 atom stereocenters. The maximum atomic E-state index is 13.5. The number of allylic oxidation sites excluding steroid dienone is 2. The molecule has 3 N–H and O–H groups in total. The Balaban J connectivity index is 1.38. The first-order valence-electron chi connectivity index (χ1n) is 17.0. The Morgan fingerprint density at radius 1 is 0.822 bits per heavy atom. The van der Waals surface area contributed by atoms with Crippen LogP contribution in [0.1, 0.15) is 127 Å². The number of aliphatic carboxylic acids is 1. The van der Waals surface area contributed by atoms with Gasteiger partial charge in [0.15, 0.2) is 0 Å². The number of aliphatic hydroxyl groups is 1. The molecule has 0 aliphatic heterocycles. The summed E-state index contributed by atoms with van der Waals surface area (Å²) in [6, 6.07) is 6.07. The van der Waals surface area contributed by atoms with Crippen LogP contribution in [0.5, 0.6) is 0 Å². The third-order valence-electron chi connectivity index (χ3n) is 14.6. The fraction of sp³-hybridized carbons (Fsp3) is 0.711. The van der Waals surface area contributed by atoms with E-state index >= 15 is 0 Å². The van der Waals surface area contributed by atoms with Crippen molar-refractivity contribution in [2.45, 2.75) is 118 Å². The molecule has 246 valence electrons. The highest BCUT2D eigenvalue weighted by molar-refractivity contribution is 6.02. The van der Waals surface area contributed by atoms with Gasteiger partial charge in [0.1, 0.15) is 6.10 Å². The Morgan fingerprint density at radius 2 is 1.47 bits per heavy atom. The van der Waals surface area contributed by atoms with Crippen LogP contribution in [0.2, 0.25) is 0 Å². The molecule has 1 aromatic carbocycles. The summed E-state index contributed by atoms with van der Waals surface area (Å²) in [5.74, 6) is -2.05. The Hall–Kier alpha value is -2.67. The molecule has 5 aliphatic rings. The van der Waals surface area contributed by atoms with Gasteiger partial charge in [-0.15, -0.1) is 0 Å². The molecule has 0 unspecified atom stereocenters. The van der Waals surface area contributed by atoms with E-state index in [1.165, 1.54) is 17.7 Å². The number of rotatable bonds is 4. The third kappa shape index (κ3) is 4.42. The minimum atomic E-state index is -1.19. The zero-order valence-electron chi connectivity index (χ0n) is 28.1. The normalized spacial score (nSPS) is 42.9. The molecular formula is C38H52O7. The summed E-state index contributed by atoms with van der Waals surface area (Å²) in [4.78, 5) is 38.3. The summed E-state index contributed by atoms with van der Waals surface area (Å²) < 4.78 is 6.07. The van der Waals surface area contributed by atoms with E-state index in [1.807, 2.05) is 0 Å². The first-order valence-corrected chi connectivity index (χ1v) is 17.0. The highest BCUT2D eigenvalue weighted by Crippen LogP contribution is 2.75. The maximum absolute atomic E-state index is 13.5. The van der Waals surface area contributed by atoms with Gasteiger partial charge in [-0.05, 0) is 115 Å². The minimum absolute atomic E-state index is 0.00644. The number of ether oxygens (including phenoxy) is 1. The quantitative estimate of drug-likeness (QED) is 0.232. The SMILES string of the molecule is CC1(C)CC[C@]2(C(=O)O)CC[C@]3(C)C(=CC[C@@H]4[C@@]5(C)C[C@@H](OC(=O)c6ccccc6C(=O)O)[C@H](O)C(C)(C)[C@@H]5CC[C@]43C)[C@@H]2C1. The van der Waals surface area contributed by atoms with Gasteiger partial charge in [0, 0.05) is 0 Å². The second kappa shape index (κ2) is 10.2. The first-order chi connectivity index (χ1) is 20.8. The van der Waals surface area contributed by atoms with Gasteiger partial charge in [-0.2, -0.15) is 0 Å². The molecule has 45 heavy (non-hydrogen) atoms. The predicted molar refractivity (Wildman–Crippen MR) is 171 cm³/mol. The zero-order valence-corrected chi connectivity index (χ0v) is 28.1. The van der Waals surface area contributed by atoms with Crippen molar-refractivity contribution in [3.8, 4) is 0 Å². The van der Waals surface area contributed by atoms with Gasteiger partial charge < -0.3 is 20.1 Å². The number of aromatic carboxylic acids is 1. The van der Waals surface area contributed by atoms with E-state index in [4.69, 9.17) is 4.74 Å². The number of aliphatic hydroxyl groups excluding tert-OH is 1. The lowest BCUT2D eigenvalue weighted by Gasteiger charge is -2.71. The predicted octanol–water partition coefficient (Wildman–Crippen LogP) is 7.77. The summed E-state index contributed by atoms with van der Waals surface area (Å²) in [6.45, 7) is 15.9. The molecule has 7 nitrogen and oxygen atoms in total. The molecule has 7 heteroatoms. The molecule has 4 saturated carbocycles. The number of esters is 1. The van der Waals surface area contributed by atoms with E-state index in [2.05, 4.69) is 54.5 Å². The van der Waals surface area contributed by atoms with Crippen molar-refractivity contribution in [1.29, 1.82) is 0 Å². The van der Waals surface area contributed by atoms with Gasteiger partial charge in [0.25, 0.3) is 0 Å². The van der Waals surface area contributed by atoms with Crippen LogP contribution in [0.4, 0.5) is 0 Å². The minimum Gasteiger partial charge on any atom is -0.481 e. The van der Waals surface area contributed by atoms with Crippen LogP contribution in [0.15, 0.2) is 35.9 Å². The first kappa shape index (κ1) is 32.3. The Labute approximate surface area is 267 Å². The molecule has 0 heterocycles. The second-order valence-corrected chi connectivity index (χ2v) is 17.4. The lowest BCUT2D eigenvalue weighted by molar-refractivity contribution is -0.231. The highest BCUT2D eigenvalue weighted by Gasteiger charge is 2.70. The Morgan fingerprint density at radius 3 is 2.11 bits per heavy atom. The smallest absolute Gasteiger partial charge is 0.339 e. The van der Waals surface area contributed by atoms with E-state index < -0.39 is 40.9 Å². The van der Waals surface area contributed by atoms with Crippen molar-refractivity contribution in [3.05, 3.63) is 47.0 Å². The Bertz CT molecular complexity index is 1460. The fourth-order valence-corrected chi connectivity index (χ4v) is 11.9. The van der Waals surface area contributed by atoms with Gasteiger partial charge in [-0.3, -0.25) is 4.79 Å². The third-order valence-corrected chi connectivity index (χ3v) is 14.6. The van der Waals surface area contributed by atoms with Crippen molar-refractivity contribution in [3.63, 3.8) is 0 Å². The van der Waals surface area contributed by atoms with Gasteiger partial charge in [-0.25, -0.2) is 9.59 Å². The molecular weight excluding hydrogens is 568 g/mol. The van der Waals surface area contributed by atoms with Crippen molar-refractivity contribution in [1.82, 2.24) is 0 Å². The number of fused-ring (bicyclic) bond motifs is 7. The molecule has 1 aromatic rings. The lowest BCUT2D eigenvalue weighted by atomic mass is 9.33. The molecule has 5 aliphatic carbocycles. The molecule has 0 bridgehead atoms. The fourth-order valence-electron chi connectivity index (χ4n) is 11.9. The van der Waals surface area contributed by atoms with Gasteiger partial charge in [0.05, 0.1) is 22.6 Å². The highest BCUT2D eigenvalue weighted by atomic mass is 16.6. The van der Waals surface area contributed by atoms with Crippen molar-refractivity contribution in [2.24, 2.45) is 50.2 Å². The number of hydrogen-bond donors (Lipinski definition) is 3. The van der Waals surface area contributed by atoms with Crippen LogP contribution in [0.25, 0.3) is 0 Å². The molecule has 6 rings (SSSR count). The zero-order chi connectivity index (χ0) is 33.0. The summed E-state index contributed by atoms with van der Waals surface area (Å²) >= 11 is 0. The summed E-state index contributed by atoms with van der Waals surface area (Å²) in [5.41, 5.74) is -0.357. The van der Waals surface area contributed by atoms with Crippen molar-refractivity contribution >= 4 is 17.9 Å². The van der Waals surface area contributed by atoms with E-state index in [0.29, 0.717) is 12.8 Å². The van der Waals surface area contributed by atoms with E-state index in [-0.39, 0.29) is 50.5 Å². The van der Waals surface area contributed by atoms with E-state index in [0.717, 1.165) is 44.9 Å². The van der Waals surface area contributed by atoms with Gasteiger partial charge >= 0.3 is 17.9 Å². The van der Waals surface area contributed by atoms with Crippen LogP contribution in [0.3, 0.4) is 0 Å². The Kier molecular flexibility index (Phi) is 7.29. The number of hydrogen-bond acceptors (Lipinski definition) is 5. The van der Waals surface area contributed by atoms with E-state index in [1.54, 1.807) is 12.1 Å². The number of benzene rings is 1. The number of carboxylic acid groups (broad SMARTS) is 2. The monoisotopic (exact) mass is 620 g/mol. The average molecular weight is 621 g/mol. The van der Waals surface area contributed by atoms with Crippen LogP contribution in [-0.2, 0) is 9.53 Å². The van der Waals surface area contributed by atoms with Crippen LogP contribution in [0, 0.1) is 50.2 Å². The summed E-state index contributed by atoms with van der Waals surface area (Å²) in [6.07, 6.45) is 8.18. The number of carboxylic acids is 2. The molecule has 0 amide bonds.